The van der Waals surface area contributed by atoms with Crippen molar-refractivity contribution in [1.29, 1.82) is 0 Å². The molecule has 0 aliphatic rings. The van der Waals surface area contributed by atoms with Gasteiger partial charge in [-0.2, -0.15) is 0 Å². The molecule has 0 aliphatic carbocycles. The summed E-state index contributed by atoms with van der Waals surface area (Å²) in [5.74, 6) is -0.220. The van der Waals surface area contributed by atoms with Crippen molar-refractivity contribution < 1.29 is 13.7 Å². The van der Waals surface area contributed by atoms with Crippen LogP contribution in [-0.2, 0) is 5.75 Å². The van der Waals surface area contributed by atoms with Crippen LogP contribution in [0.2, 0.25) is 0 Å². The Morgan fingerprint density at radius 2 is 2.14 bits per heavy atom. The highest BCUT2D eigenvalue weighted by Crippen LogP contribution is 2.28. The summed E-state index contributed by atoms with van der Waals surface area (Å²) in [6.45, 7) is 1.74. The van der Waals surface area contributed by atoms with Crippen molar-refractivity contribution in [3.8, 4) is 0 Å². The van der Waals surface area contributed by atoms with Crippen LogP contribution in [0.25, 0.3) is 5.65 Å². The molecular weight excluding hydrogens is 405 g/mol. The number of hydrogen-bond acceptors (Lipinski definition) is 8. The molecule has 1 amide bonds. The fourth-order valence-electron chi connectivity index (χ4n) is 2.41. The Morgan fingerprint density at radius 3 is 2.96 bits per heavy atom. The van der Waals surface area contributed by atoms with E-state index in [1.165, 1.54) is 36.0 Å². The maximum absolute atomic E-state index is 13.7. The lowest BCUT2D eigenvalue weighted by molar-refractivity contribution is 0.102. The van der Waals surface area contributed by atoms with Gasteiger partial charge in [0.1, 0.15) is 11.6 Å². The molecule has 8 nitrogen and oxygen atoms in total. The van der Waals surface area contributed by atoms with Crippen LogP contribution in [0, 0.1) is 12.7 Å². The molecule has 0 unspecified atom stereocenters. The molecule has 3 heterocycles. The highest BCUT2D eigenvalue weighted by Gasteiger charge is 2.14. The van der Waals surface area contributed by atoms with Gasteiger partial charge >= 0.3 is 0 Å². The number of halogens is 1. The van der Waals surface area contributed by atoms with Gasteiger partial charge < -0.3 is 4.52 Å². The van der Waals surface area contributed by atoms with Crippen LogP contribution in [0.15, 0.2) is 50.1 Å². The average molecular weight is 417 g/mol. The zero-order valence-electron chi connectivity index (χ0n) is 14.4. The Hall–Kier alpha value is -3.05. The molecule has 11 heteroatoms. The maximum atomic E-state index is 13.7. The summed E-state index contributed by atoms with van der Waals surface area (Å²) in [7, 11) is 0. The van der Waals surface area contributed by atoms with Crippen LogP contribution in [-0.4, -0.2) is 25.7 Å². The highest BCUT2D eigenvalue weighted by atomic mass is 32.2. The number of thioether (sulfide) groups is 1. The molecule has 0 fully saturated rings. The van der Waals surface area contributed by atoms with Gasteiger partial charge in [0.05, 0.1) is 11.3 Å². The standard InChI is InChI=1S/C17H12FN5O3S2/c1-9-6-13-19-10(7-14(24)23(13)26-9)8-27-17-22-21-16(28-17)20-15(25)11-4-2-3-5-12(11)18/h2-7H,8H2,1H3,(H,20,21,25). The van der Waals surface area contributed by atoms with E-state index in [1.807, 2.05) is 0 Å². The zero-order chi connectivity index (χ0) is 19.7. The molecule has 0 radical (unpaired) electrons. The molecular formula is C17H12FN5O3S2. The van der Waals surface area contributed by atoms with Gasteiger partial charge in [-0.15, -0.1) is 14.8 Å². The number of nitrogens with zero attached hydrogens (tertiary/aromatic N) is 4. The monoisotopic (exact) mass is 417 g/mol. The molecule has 0 saturated carbocycles. The van der Waals surface area contributed by atoms with E-state index in [1.54, 1.807) is 19.1 Å². The Morgan fingerprint density at radius 1 is 1.32 bits per heavy atom. The number of anilines is 1. The minimum absolute atomic E-state index is 0.0692. The van der Waals surface area contributed by atoms with E-state index in [0.29, 0.717) is 27.2 Å². The number of hydrogen-bond donors (Lipinski definition) is 1. The number of rotatable bonds is 5. The molecule has 1 N–H and O–H groups in total. The van der Waals surface area contributed by atoms with Crippen LogP contribution < -0.4 is 10.9 Å². The van der Waals surface area contributed by atoms with E-state index in [-0.39, 0.29) is 16.3 Å². The van der Waals surface area contributed by atoms with Gasteiger partial charge in [-0.1, -0.05) is 35.2 Å². The van der Waals surface area contributed by atoms with Gasteiger partial charge in [0.2, 0.25) is 5.13 Å². The van der Waals surface area contributed by atoms with Gasteiger partial charge in [0, 0.05) is 17.9 Å². The fraction of sp³-hybridized carbons (Fsp3) is 0.118. The third-order valence-corrected chi connectivity index (χ3v) is 5.62. The van der Waals surface area contributed by atoms with Crippen molar-refractivity contribution in [2.75, 3.05) is 5.32 Å². The lowest BCUT2D eigenvalue weighted by Crippen LogP contribution is -2.13. The van der Waals surface area contributed by atoms with Crippen molar-refractivity contribution in [3.05, 3.63) is 69.6 Å². The first kappa shape index (κ1) is 18.3. The van der Waals surface area contributed by atoms with Crippen LogP contribution in [0.4, 0.5) is 9.52 Å². The summed E-state index contributed by atoms with van der Waals surface area (Å²) in [6.07, 6.45) is 0. The second-order valence-corrected chi connectivity index (χ2v) is 7.88. The smallest absolute Gasteiger partial charge is 0.287 e. The van der Waals surface area contributed by atoms with Gasteiger partial charge in [-0.3, -0.25) is 14.9 Å². The molecule has 4 aromatic rings. The van der Waals surface area contributed by atoms with E-state index in [2.05, 4.69) is 20.5 Å². The molecule has 3 aromatic heterocycles. The minimum Gasteiger partial charge on any atom is -0.375 e. The fourth-order valence-corrected chi connectivity index (χ4v) is 4.05. The van der Waals surface area contributed by atoms with Gasteiger partial charge in [-0.25, -0.2) is 9.37 Å². The Labute approximate surface area is 165 Å². The van der Waals surface area contributed by atoms with E-state index in [4.69, 9.17) is 4.52 Å². The van der Waals surface area contributed by atoms with Crippen molar-refractivity contribution in [1.82, 2.24) is 19.8 Å². The number of aryl methyl sites for hydroxylation is 1. The first-order valence-electron chi connectivity index (χ1n) is 8.01. The van der Waals surface area contributed by atoms with Crippen molar-refractivity contribution in [2.24, 2.45) is 0 Å². The van der Waals surface area contributed by atoms with E-state index < -0.39 is 11.7 Å². The zero-order valence-corrected chi connectivity index (χ0v) is 16.0. The van der Waals surface area contributed by atoms with Crippen LogP contribution >= 0.6 is 23.1 Å². The number of aromatic nitrogens is 4. The molecule has 1 aromatic carbocycles. The number of carbonyl (C=O) groups excluding carboxylic acids is 1. The van der Waals surface area contributed by atoms with Crippen LogP contribution in [0.1, 0.15) is 21.8 Å². The topological polar surface area (TPSA) is 102 Å². The first-order chi connectivity index (χ1) is 13.5. The second kappa shape index (κ2) is 7.52. The normalized spacial score (nSPS) is 11.1. The Kier molecular flexibility index (Phi) is 4.92. The predicted octanol–water partition coefficient (Wildman–Crippen LogP) is 3.13. The SMILES string of the molecule is Cc1cc2nc(CSc3nnc(NC(=O)c4ccccc4F)s3)cc(=O)n2o1. The third-order valence-electron chi connectivity index (χ3n) is 3.61. The second-order valence-electron chi connectivity index (χ2n) is 5.68. The minimum atomic E-state index is -0.610. The Balaban J connectivity index is 1.43. The number of benzene rings is 1. The largest absolute Gasteiger partial charge is 0.375 e. The lowest BCUT2D eigenvalue weighted by Gasteiger charge is -2.01. The van der Waals surface area contributed by atoms with Gasteiger partial charge in [-0.05, 0) is 19.1 Å². The van der Waals surface area contributed by atoms with E-state index >= 15 is 0 Å². The van der Waals surface area contributed by atoms with Crippen molar-refractivity contribution in [2.45, 2.75) is 17.0 Å². The third kappa shape index (κ3) is 3.80. The molecule has 0 bridgehead atoms. The molecule has 4 rings (SSSR count). The molecule has 0 saturated heterocycles. The summed E-state index contributed by atoms with van der Waals surface area (Å²) >= 11 is 2.47. The number of nitrogens with one attached hydrogen (secondary N) is 1. The lowest BCUT2D eigenvalue weighted by atomic mass is 10.2. The molecule has 0 spiro atoms. The quantitative estimate of drug-likeness (QED) is 0.393. The Bertz CT molecular complexity index is 1230. The maximum Gasteiger partial charge on any atom is 0.287 e. The molecule has 0 atom stereocenters. The molecule has 142 valence electrons. The average Bonchev–Trinajstić information content (AvgIpc) is 3.26. The number of fused-ring (bicyclic) bond motifs is 1. The summed E-state index contributed by atoms with van der Waals surface area (Å²) in [5.41, 5.74) is 0.641. The summed E-state index contributed by atoms with van der Waals surface area (Å²) in [6, 6.07) is 8.76. The van der Waals surface area contributed by atoms with Gasteiger partial charge in [0.15, 0.2) is 9.99 Å². The van der Waals surface area contributed by atoms with Crippen molar-refractivity contribution >= 4 is 39.8 Å². The van der Waals surface area contributed by atoms with Crippen molar-refractivity contribution in [3.63, 3.8) is 0 Å². The molecule has 28 heavy (non-hydrogen) atoms. The van der Waals surface area contributed by atoms with E-state index in [0.717, 1.165) is 15.9 Å². The first-order valence-corrected chi connectivity index (χ1v) is 9.81. The predicted molar refractivity (Wildman–Crippen MR) is 102 cm³/mol. The van der Waals surface area contributed by atoms with Crippen LogP contribution in [0.3, 0.4) is 0 Å². The molecule has 0 aliphatic heterocycles. The number of amides is 1. The number of carbonyl (C=O) groups is 1. The van der Waals surface area contributed by atoms with E-state index in [9.17, 15) is 14.0 Å². The highest BCUT2D eigenvalue weighted by molar-refractivity contribution is 8.00. The van der Waals surface area contributed by atoms with Crippen LogP contribution in [0.5, 0.6) is 0 Å². The summed E-state index contributed by atoms with van der Waals surface area (Å²) in [4.78, 5) is 28.5. The summed E-state index contributed by atoms with van der Waals surface area (Å²) < 4.78 is 20.6. The summed E-state index contributed by atoms with van der Waals surface area (Å²) in [5, 5.41) is 10.6. The van der Waals surface area contributed by atoms with Gasteiger partial charge in [0.25, 0.3) is 11.5 Å².